The first-order valence-electron chi connectivity index (χ1n) is 10.3. The minimum atomic E-state index is -0.594. The zero-order valence-corrected chi connectivity index (χ0v) is 21.1. The molecule has 0 unspecified atom stereocenters. The molecule has 188 valence electrons. The van der Waals surface area contributed by atoms with Crippen LogP contribution in [0.15, 0.2) is 55.4 Å². The Kier molecular flexibility index (Phi) is 8.54. The molecule has 0 saturated heterocycles. The van der Waals surface area contributed by atoms with Crippen molar-refractivity contribution in [1.29, 1.82) is 0 Å². The fourth-order valence-electron chi connectivity index (χ4n) is 3.03. The Morgan fingerprint density at radius 2 is 1.72 bits per heavy atom. The fraction of sp³-hybridized carbons (Fsp3) is 0.130. The van der Waals surface area contributed by atoms with Gasteiger partial charge in [0.05, 0.1) is 31.3 Å². The van der Waals surface area contributed by atoms with Crippen LogP contribution >= 0.6 is 23.2 Å². The van der Waals surface area contributed by atoms with E-state index in [4.69, 9.17) is 38.5 Å². The Balaban J connectivity index is 1.85. The summed E-state index contributed by atoms with van der Waals surface area (Å²) >= 11 is 12.7. The van der Waals surface area contributed by atoms with Crippen molar-refractivity contribution in [2.45, 2.75) is 0 Å². The molecule has 0 aliphatic carbocycles. The highest BCUT2D eigenvalue weighted by Crippen LogP contribution is 2.44. The molecule has 11 nitrogen and oxygen atoms in total. The number of methoxy groups -OCH3 is 2. The Labute approximate surface area is 217 Å². The third kappa shape index (κ3) is 5.60. The van der Waals surface area contributed by atoms with Crippen LogP contribution < -0.4 is 35.9 Å². The molecule has 3 aromatic rings. The quantitative estimate of drug-likeness (QED) is 0.166. The van der Waals surface area contributed by atoms with Crippen LogP contribution in [0.3, 0.4) is 0 Å². The number of rotatable bonds is 8. The van der Waals surface area contributed by atoms with Crippen LogP contribution in [0.2, 0.25) is 10.0 Å². The first kappa shape index (κ1) is 26.5. The molecule has 0 atom stereocenters. The van der Waals surface area contributed by atoms with E-state index in [1.54, 1.807) is 24.3 Å². The zero-order chi connectivity index (χ0) is 26.4. The maximum absolute atomic E-state index is 13.0. The number of urea groups is 1. The van der Waals surface area contributed by atoms with Gasteiger partial charge in [0.15, 0.2) is 0 Å². The van der Waals surface area contributed by atoms with E-state index in [0.29, 0.717) is 17.2 Å². The molecule has 0 radical (unpaired) electrons. The number of anilines is 5. The maximum atomic E-state index is 13.0. The molecule has 3 rings (SSSR count). The SMILES string of the molecule is C=CC(=O)N(N)c1ccccc1Nc1cc(N(C)C(=O)Nc2c(Cl)c(OC)cc(OC)c2Cl)ncn1. The number of nitrogens with zero attached hydrogens (tertiary/aromatic N) is 4. The molecule has 36 heavy (non-hydrogen) atoms. The van der Waals surface area contributed by atoms with E-state index in [1.807, 2.05) is 0 Å². The van der Waals surface area contributed by atoms with Gasteiger partial charge in [0.2, 0.25) is 0 Å². The average Bonchev–Trinajstić information content (AvgIpc) is 2.90. The second kappa shape index (κ2) is 11.6. The zero-order valence-electron chi connectivity index (χ0n) is 19.6. The largest absolute Gasteiger partial charge is 0.495 e. The Morgan fingerprint density at radius 3 is 2.33 bits per heavy atom. The molecule has 3 amide bonds. The van der Waals surface area contributed by atoms with Gasteiger partial charge in [0, 0.05) is 19.2 Å². The van der Waals surface area contributed by atoms with E-state index in [9.17, 15) is 9.59 Å². The van der Waals surface area contributed by atoms with Gasteiger partial charge in [-0.15, -0.1) is 0 Å². The van der Waals surface area contributed by atoms with Crippen LogP contribution in [-0.4, -0.2) is 43.2 Å². The summed E-state index contributed by atoms with van der Waals surface area (Å²) in [6, 6.07) is 9.30. The number of hydrazine groups is 1. The smallest absolute Gasteiger partial charge is 0.327 e. The van der Waals surface area contributed by atoms with Crippen molar-refractivity contribution >= 4 is 63.8 Å². The second-order valence-electron chi connectivity index (χ2n) is 7.09. The summed E-state index contributed by atoms with van der Waals surface area (Å²) in [5, 5.41) is 6.88. The van der Waals surface area contributed by atoms with Gasteiger partial charge < -0.3 is 20.1 Å². The van der Waals surface area contributed by atoms with Crippen molar-refractivity contribution in [3.63, 3.8) is 0 Å². The van der Waals surface area contributed by atoms with Gasteiger partial charge >= 0.3 is 6.03 Å². The predicted molar refractivity (Wildman–Crippen MR) is 141 cm³/mol. The normalized spacial score (nSPS) is 10.3. The third-order valence-electron chi connectivity index (χ3n) is 4.94. The van der Waals surface area contributed by atoms with Gasteiger partial charge in [0.1, 0.15) is 39.5 Å². The van der Waals surface area contributed by atoms with E-state index in [-0.39, 0.29) is 33.0 Å². The molecule has 0 aliphatic heterocycles. The van der Waals surface area contributed by atoms with Crippen molar-refractivity contribution in [3.8, 4) is 11.5 Å². The summed E-state index contributed by atoms with van der Waals surface area (Å²) in [4.78, 5) is 34.5. The van der Waals surface area contributed by atoms with Crippen LogP contribution in [0.4, 0.5) is 33.5 Å². The second-order valence-corrected chi connectivity index (χ2v) is 7.85. The number of carbonyl (C=O) groups is 2. The van der Waals surface area contributed by atoms with E-state index in [1.165, 1.54) is 44.6 Å². The number of nitrogens with one attached hydrogen (secondary N) is 2. The van der Waals surface area contributed by atoms with Crippen LogP contribution in [0.25, 0.3) is 0 Å². The van der Waals surface area contributed by atoms with Crippen molar-refractivity contribution in [1.82, 2.24) is 9.97 Å². The fourth-order valence-corrected chi connectivity index (χ4v) is 3.63. The molecule has 1 aromatic heterocycles. The van der Waals surface area contributed by atoms with Gasteiger partial charge in [-0.05, 0) is 18.2 Å². The summed E-state index contributed by atoms with van der Waals surface area (Å²) in [5.41, 5.74) is 1.00. The number of carbonyl (C=O) groups excluding carboxylic acids is 2. The van der Waals surface area contributed by atoms with Crippen molar-refractivity contribution in [2.75, 3.05) is 41.8 Å². The lowest BCUT2D eigenvalue weighted by atomic mass is 10.2. The monoisotopic (exact) mass is 531 g/mol. The average molecular weight is 532 g/mol. The summed E-state index contributed by atoms with van der Waals surface area (Å²) in [6.45, 7) is 3.44. The number of hydrogen-bond donors (Lipinski definition) is 3. The lowest BCUT2D eigenvalue weighted by Crippen LogP contribution is -2.36. The molecule has 0 aliphatic rings. The van der Waals surface area contributed by atoms with Gasteiger partial charge in [-0.25, -0.2) is 25.6 Å². The number of hydrogen-bond acceptors (Lipinski definition) is 8. The number of benzene rings is 2. The van der Waals surface area contributed by atoms with Gasteiger partial charge in [-0.3, -0.25) is 9.69 Å². The molecule has 0 saturated carbocycles. The lowest BCUT2D eigenvalue weighted by Gasteiger charge is -2.21. The molecule has 0 spiro atoms. The van der Waals surface area contributed by atoms with E-state index in [0.717, 1.165) is 11.1 Å². The lowest BCUT2D eigenvalue weighted by molar-refractivity contribution is -0.114. The predicted octanol–water partition coefficient (Wildman–Crippen LogP) is 4.61. The summed E-state index contributed by atoms with van der Waals surface area (Å²) in [5.74, 6) is 6.54. The first-order valence-corrected chi connectivity index (χ1v) is 11.0. The third-order valence-corrected chi connectivity index (χ3v) is 5.70. The highest BCUT2D eigenvalue weighted by atomic mass is 35.5. The molecule has 1 heterocycles. The number of halogens is 2. The standard InChI is InChI=1S/C23H23Cl2N7O4/c1-5-19(33)32(26)14-9-7-6-8-13(14)29-17-11-18(28-12-27-17)31(2)23(34)30-22-20(24)15(35-3)10-16(36-4)21(22)25/h5-12H,1,26H2,2-4H3,(H,30,34)(H,27,28,29). The molecule has 0 fully saturated rings. The number of amides is 3. The van der Waals surface area contributed by atoms with Gasteiger partial charge in [0.25, 0.3) is 5.91 Å². The van der Waals surface area contributed by atoms with E-state index < -0.39 is 11.9 Å². The highest BCUT2D eigenvalue weighted by Gasteiger charge is 2.22. The first-order chi connectivity index (χ1) is 17.2. The minimum Gasteiger partial charge on any atom is -0.495 e. The Bertz CT molecular complexity index is 1280. The Morgan fingerprint density at radius 1 is 1.08 bits per heavy atom. The number of para-hydroxylation sites is 2. The molecular formula is C23H23Cl2N7O4. The van der Waals surface area contributed by atoms with Crippen molar-refractivity contribution < 1.29 is 19.1 Å². The van der Waals surface area contributed by atoms with E-state index in [2.05, 4.69) is 27.2 Å². The summed E-state index contributed by atoms with van der Waals surface area (Å²) in [6.07, 6.45) is 2.37. The molecule has 2 aromatic carbocycles. The van der Waals surface area contributed by atoms with Crippen molar-refractivity contribution in [2.24, 2.45) is 5.84 Å². The topological polar surface area (TPSA) is 135 Å². The van der Waals surface area contributed by atoms with Crippen LogP contribution in [0.5, 0.6) is 11.5 Å². The number of aromatic nitrogens is 2. The summed E-state index contributed by atoms with van der Waals surface area (Å²) < 4.78 is 10.5. The number of nitrogens with two attached hydrogens (primary N) is 1. The maximum Gasteiger partial charge on any atom is 0.327 e. The molecule has 4 N–H and O–H groups in total. The molecular weight excluding hydrogens is 509 g/mol. The van der Waals surface area contributed by atoms with Crippen LogP contribution in [0.1, 0.15) is 0 Å². The van der Waals surface area contributed by atoms with Crippen LogP contribution in [-0.2, 0) is 4.79 Å². The highest BCUT2D eigenvalue weighted by molar-refractivity contribution is 6.41. The van der Waals surface area contributed by atoms with Gasteiger partial charge in [-0.2, -0.15) is 0 Å². The number of ether oxygens (including phenoxy) is 2. The molecule has 0 bridgehead atoms. The van der Waals surface area contributed by atoms with Crippen LogP contribution in [0, 0.1) is 0 Å². The molecule has 13 heteroatoms. The summed E-state index contributed by atoms with van der Waals surface area (Å²) in [7, 11) is 4.35. The Hall–Kier alpha value is -4.06. The van der Waals surface area contributed by atoms with Crippen molar-refractivity contribution in [3.05, 3.63) is 65.4 Å². The van der Waals surface area contributed by atoms with Gasteiger partial charge in [-0.1, -0.05) is 41.9 Å². The minimum absolute atomic E-state index is 0.104. The van der Waals surface area contributed by atoms with E-state index >= 15 is 0 Å².